The second-order valence-corrected chi connectivity index (χ2v) is 1.14. The Bertz CT molecular complexity index is 107. The standard InChI is InChI=1S/C5H8O2.C2H4O/c1-3-5(6)7-4-2;1-2-3/h3H,1,4H2,2H3;2-3H,1H2. The fourth-order valence-electron chi connectivity index (χ4n) is 0.201. The van der Waals surface area contributed by atoms with Crippen LogP contribution in [-0.2, 0) is 9.53 Å². The molecule has 0 amide bonds. The first-order chi connectivity index (χ1) is 4.72. The van der Waals surface area contributed by atoms with Gasteiger partial charge in [-0.3, -0.25) is 0 Å². The van der Waals surface area contributed by atoms with Gasteiger partial charge < -0.3 is 9.84 Å². The highest BCUT2D eigenvalue weighted by Crippen LogP contribution is 1.74. The molecule has 0 aliphatic carbocycles. The molecule has 0 radical (unpaired) electrons. The van der Waals surface area contributed by atoms with Crippen LogP contribution in [0.25, 0.3) is 0 Å². The van der Waals surface area contributed by atoms with Crippen LogP contribution in [0, 0.1) is 0 Å². The molecular weight excluding hydrogens is 132 g/mol. The van der Waals surface area contributed by atoms with Crippen molar-refractivity contribution in [2.45, 2.75) is 6.92 Å². The van der Waals surface area contributed by atoms with Gasteiger partial charge in [0.15, 0.2) is 0 Å². The van der Waals surface area contributed by atoms with E-state index in [2.05, 4.69) is 17.9 Å². The van der Waals surface area contributed by atoms with Crippen molar-refractivity contribution in [2.24, 2.45) is 0 Å². The Hall–Kier alpha value is -1.25. The molecule has 0 rings (SSSR count). The molecule has 1 N–H and O–H groups in total. The molecule has 3 heteroatoms. The van der Waals surface area contributed by atoms with E-state index in [0.29, 0.717) is 6.61 Å². The van der Waals surface area contributed by atoms with E-state index < -0.39 is 0 Å². The zero-order chi connectivity index (χ0) is 8.41. The predicted octanol–water partition coefficient (Wildman–Crippen LogP) is 1.42. The van der Waals surface area contributed by atoms with Crippen LogP contribution in [0.3, 0.4) is 0 Å². The van der Waals surface area contributed by atoms with Crippen molar-refractivity contribution < 1.29 is 14.6 Å². The zero-order valence-electron chi connectivity index (χ0n) is 6.04. The molecule has 0 bridgehead atoms. The third kappa shape index (κ3) is 15.9. The largest absolute Gasteiger partial charge is 0.516 e. The number of esters is 1. The summed E-state index contributed by atoms with van der Waals surface area (Å²) in [5, 5.41) is 7.33. The third-order valence-electron chi connectivity index (χ3n) is 0.453. The molecule has 0 aromatic heterocycles. The average molecular weight is 144 g/mol. The summed E-state index contributed by atoms with van der Waals surface area (Å²) >= 11 is 0. The molecule has 0 aliphatic rings. The Morgan fingerprint density at radius 2 is 2.10 bits per heavy atom. The number of hydrogen-bond donors (Lipinski definition) is 1. The Morgan fingerprint density at radius 1 is 1.70 bits per heavy atom. The second-order valence-electron chi connectivity index (χ2n) is 1.14. The van der Waals surface area contributed by atoms with E-state index in [-0.39, 0.29) is 5.97 Å². The third-order valence-corrected chi connectivity index (χ3v) is 0.453. The van der Waals surface area contributed by atoms with E-state index >= 15 is 0 Å². The van der Waals surface area contributed by atoms with E-state index in [9.17, 15) is 4.79 Å². The predicted molar refractivity (Wildman–Crippen MR) is 39.7 cm³/mol. The van der Waals surface area contributed by atoms with Gasteiger partial charge in [-0.05, 0) is 6.92 Å². The first-order valence-corrected chi connectivity index (χ1v) is 2.77. The first kappa shape index (κ1) is 11.5. The number of aliphatic hydroxyl groups is 1. The van der Waals surface area contributed by atoms with Gasteiger partial charge in [0, 0.05) is 6.08 Å². The summed E-state index contributed by atoms with van der Waals surface area (Å²) in [5.41, 5.74) is 0. The van der Waals surface area contributed by atoms with E-state index in [1.165, 1.54) is 0 Å². The van der Waals surface area contributed by atoms with E-state index in [4.69, 9.17) is 5.11 Å². The summed E-state index contributed by atoms with van der Waals surface area (Å²) in [6, 6.07) is 0. The molecular formula is C7H12O3. The summed E-state index contributed by atoms with van der Waals surface area (Å²) in [4.78, 5) is 10.1. The van der Waals surface area contributed by atoms with Gasteiger partial charge in [0.25, 0.3) is 0 Å². The fraction of sp³-hybridized carbons (Fsp3) is 0.286. The molecule has 58 valence electrons. The highest BCUT2D eigenvalue weighted by Gasteiger charge is 1.86. The number of hydrogen-bond acceptors (Lipinski definition) is 3. The zero-order valence-corrected chi connectivity index (χ0v) is 6.04. The van der Waals surface area contributed by atoms with Gasteiger partial charge >= 0.3 is 5.97 Å². The minimum absolute atomic E-state index is 0.359. The van der Waals surface area contributed by atoms with Crippen molar-refractivity contribution in [1.82, 2.24) is 0 Å². The Kier molecular flexibility index (Phi) is 12.3. The molecule has 0 atom stereocenters. The van der Waals surface area contributed by atoms with Crippen molar-refractivity contribution in [3.8, 4) is 0 Å². The van der Waals surface area contributed by atoms with Crippen LogP contribution in [0.15, 0.2) is 25.5 Å². The topological polar surface area (TPSA) is 46.5 Å². The number of aliphatic hydroxyl groups excluding tert-OH is 1. The van der Waals surface area contributed by atoms with Crippen LogP contribution in [0.4, 0.5) is 0 Å². The van der Waals surface area contributed by atoms with Crippen LogP contribution in [0.1, 0.15) is 6.92 Å². The molecule has 0 aromatic carbocycles. The molecule has 0 saturated carbocycles. The summed E-state index contributed by atoms with van der Waals surface area (Å²) in [6.45, 7) is 8.29. The lowest BCUT2D eigenvalue weighted by atomic mass is 10.6. The lowest BCUT2D eigenvalue weighted by Gasteiger charge is -1.90. The van der Waals surface area contributed by atoms with Crippen LogP contribution in [0.2, 0.25) is 0 Å². The van der Waals surface area contributed by atoms with Crippen LogP contribution in [-0.4, -0.2) is 17.7 Å². The minimum atomic E-state index is -0.359. The average Bonchev–Trinajstić information content (AvgIpc) is 1.90. The summed E-state index contributed by atoms with van der Waals surface area (Å²) in [5.74, 6) is -0.359. The van der Waals surface area contributed by atoms with Crippen molar-refractivity contribution in [3.05, 3.63) is 25.5 Å². The Balaban J connectivity index is 0. The van der Waals surface area contributed by atoms with Gasteiger partial charge in [-0.15, -0.1) is 0 Å². The van der Waals surface area contributed by atoms with Gasteiger partial charge in [-0.1, -0.05) is 13.2 Å². The molecule has 0 aromatic rings. The minimum Gasteiger partial charge on any atom is -0.516 e. The molecule has 10 heavy (non-hydrogen) atoms. The number of rotatable bonds is 2. The molecule has 0 aliphatic heterocycles. The molecule has 0 spiro atoms. The SMILES string of the molecule is C=CC(=O)OCC.C=CO. The maximum absolute atomic E-state index is 10.1. The maximum Gasteiger partial charge on any atom is 0.330 e. The lowest BCUT2D eigenvalue weighted by Crippen LogP contribution is -1.97. The second kappa shape index (κ2) is 10.7. The summed E-state index contributed by atoms with van der Waals surface area (Å²) in [6.07, 6.45) is 1.89. The van der Waals surface area contributed by atoms with Gasteiger partial charge in [-0.25, -0.2) is 4.79 Å². The van der Waals surface area contributed by atoms with E-state index in [1.807, 2.05) is 0 Å². The number of ether oxygens (including phenoxy) is 1. The molecule has 0 unspecified atom stereocenters. The Morgan fingerprint density at radius 3 is 2.20 bits per heavy atom. The number of carbonyl (C=O) groups is 1. The van der Waals surface area contributed by atoms with Crippen molar-refractivity contribution in [1.29, 1.82) is 0 Å². The van der Waals surface area contributed by atoms with Crippen LogP contribution < -0.4 is 0 Å². The Labute approximate surface area is 60.6 Å². The molecule has 0 heterocycles. The van der Waals surface area contributed by atoms with E-state index in [1.54, 1.807) is 6.92 Å². The highest BCUT2D eigenvalue weighted by molar-refractivity contribution is 5.81. The maximum atomic E-state index is 10.1. The first-order valence-electron chi connectivity index (χ1n) is 2.77. The highest BCUT2D eigenvalue weighted by atomic mass is 16.5. The van der Waals surface area contributed by atoms with Gasteiger partial charge in [0.05, 0.1) is 12.9 Å². The van der Waals surface area contributed by atoms with Crippen molar-refractivity contribution in [2.75, 3.05) is 6.61 Å². The normalized spacial score (nSPS) is 6.50. The van der Waals surface area contributed by atoms with E-state index in [0.717, 1.165) is 12.3 Å². The van der Waals surface area contributed by atoms with Gasteiger partial charge in [-0.2, -0.15) is 0 Å². The van der Waals surface area contributed by atoms with Gasteiger partial charge in [0.2, 0.25) is 0 Å². The number of carbonyl (C=O) groups excluding carboxylic acids is 1. The summed E-state index contributed by atoms with van der Waals surface area (Å²) in [7, 11) is 0. The van der Waals surface area contributed by atoms with Crippen molar-refractivity contribution >= 4 is 5.97 Å². The monoisotopic (exact) mass is 144 g/mol. The van der Waals surface area contributed by atoms with Crippen LogP contribution >= 0.6 is 0 Å². The lowest BCUT2D eigenvalue weighted by molar-refractivity contribution is -0.137. The fourth-order valence-corrected chi connectivity index (χ4v) is 0.201. The van der Waals surface area contributed by atoms with Gasteiger partial charge in [0.1, 0.15) is 0 Å². The molecule has 3 nitrogen and oxygen atoms in total. The molecule has 0 fully saturated rings. The summed E-state index contributed by atoms with van der Waals surface area (Å²) < 4.78 is 4.43. The van der Waals surface area contributed by atoms with Crippen molar-refractivity contribution in [3.63, 3.8) is 0 Å². The van der Waals surface area contributed by atoms with Crippen LogP contribution in [0.5, 0.6) is 0 Å². The smallest absolute Gasteiger partial charge is 0.330 e. The molecule has 0 saturated heterocycles. The quantitative estimate of drug-likeness (QED) is 0.362.